The number of nitrogens with zero attached hydrogens (tertiary/aromatic N) is 1. The number of hydrogen-bond donors (Lipinski definition) is 1. The van der Waals surface area contributed by atoms with Crippen molar-refractivity contribution in [2.45, 2.75) is 44.7 Å². The molecule has 1 aliphatic heterocycles. The summed E-state index contributed by atoms with van der Waals surface area (Å²) in [6.45, 7) is 7.89. The number of methoxy groups -OCH3 is 1. The van der Waals surface area contributed by atoms with Gasteiger partial charge in [-0.1, -0.05) is 49.4 Å². The molecular weight excluding hydrogens is 332 g/mol. The fraction of sp³-hybridized carbons (Fsp3) is 0.500. The molecule has 3 atom stereocenters. The summed E-state index contributed by atoms with van der Waals surface area (Å²) in [7, 11) is 3.97. The van der Waals surface area contributed by atoms with Gasteiger partial charge in [0.25, 0.3) is 0 Å². The predicted octanol–water partition coefficient (Wildman–Crippen LogP) is 4.47. The minimum absolute atomic E-state index is 0.250. The molecule has 0 radical (unpaired) electrons. The van der Waals surface area contributed by atoms with Crippen molar-refractivity contribution in [3.8, 4) is 5.75 Å². The maximum absolute atomic E-state index is 5.24. The van der Waals surface area contributed by atoms with Gasteiger partial charge in [0.05, 0.1) is 7.11 Å². The van der Waals surface area contributed by atoms with Gasteiger partial charge < -0.3 is 15.0 Å². The monoisotopic (exact) mass is 366 g/mol. The Balaban J connectivity index is 1.67. The molecule has 0 spiro atoms. The highest BCUT2D eigenvalue weighted by Crippen LogP contribution is 2.44. The van der Waals surface area contributed by atoms with Gasteiger partial charge in [-0.05, 0) is 62.5 Å². The predicted molar refractivity (Wildman–Crippen MR) is 113 cm³/mol. The van der Waals surface area contributed by atoms with Crippen molar-refractivity contribution in [1.29, 1.82) is 0 Å². The molecule has 1 aliphatic rings. The Morgan fingerprint density at radius 2 is 1.78 bits per heavy atom. The Morgan fingerprint density at radius 3 is 2.44 bits per heavy atom. The van der Waals surface area contributed by atoms with Crippen LogP contribution in [0.5, 0.6) is 5.75 Å². The fourth-order valence-electron chi connectivity index (χ4n) is 4.62. The van der Waals surface area contributed by atoms with Gasteiger partial charge in [0, 0.05) is 24.5 Å². The zero-order valence-electron chi connectivity index (χ0n) is 17.2. The molecule has 146 valence electrons. The molecule has 1 saturated heterocycles. The average Bonchev–Trinajstić information content (AvgIpc) is 2.70. The highest BCUT2D eigenvalue weighted by Gasteiger charge is 2.43. The summed E-state index contributed by atoms with van der Waals surface area (Å²) in [5.41, 5.74) is 3.05. The zero-order valence-corrected chi connectivity index (χ0v) is 17.2. The summed E-state index contributed by atoms with van der Waals surface area (Å²) in [5.74, 6) is 1.56. The number of hydrogen-bond acceptors (Lipinski definition) is 3. The van der Waals surface area contributed by atoms with Crippen LogP contribution in [0.15, 0.2) is 54.6 Å². The summed E-state index contributed by atoms with van der Waals surface area (Å²) in [4.78, 5) is 2.51. The molecule has 1 fully saturated rings. The summed E-state index contributed by atoms with van der Waals surface area (Å²) >= 11 is 0. The van der Waals surface area contributed by atoms with Crippen LogP contribution in [0.2, 0.25) is 0 Å². The maximum Gasteiger partial charge on any atom is 0.118 e. The van der Waals surface area contributed by atoms with E-state index in [2.05, 4.69) is 73.6 Å². The van der Waals surface area contributed by atoms with E-state index in [9.17, 15) is 0 Å². The molecule has 0 aliphatic carbocycles. The second kappa shape index (κ2) is 8.90. The van der Waals surface area contributed by atoms with Crippen molar-refractivity contribution in [3.05, 3.63) is 65.7 Å². The lowest BCUT2D eigenvalue weighted by atomic mass is 9.63. The Hall–Kier alpha value is -1.84. The van der Waals surface area contributed by atoms with Gasteiger partial charge in [-0.3, -0.25) is 0 Å². The van der Waals surface area contributed by atoms with Crippen molar-refractivity contribution in [2.24, 2.45) is 5.92 Å². The lowest BCUT2D eigenvalue weighted by Gasteiger charge is -2.50. The molecule has 2 aromatic rings. The van der Waals surface area contributed by atoms with Crippen LogP contribution in [-0.2, 0) is 12.0 Å². The average molecular weight is 367 g/mol. The summed E-state index contributed by atoms with van der Waals surface area (Å²) in [5, 5.41) is 3.67. The molecule has 0 saturated carbocycles. The van der Waals surface area contributed by atoms with Crippen molar-refractivity contribution in [2.75, 3.05) is 27.2 Å². The van der Waals surface area contributed by atoms with Gasteiger partial charge in [-0.25, -0.2) is 0 Å². The van der Waals surface area contributed by atoms with Crippen molar-refractivity contribution < 1.29 is 4.74 Å². The molecule has 0 amide bonds. The number of benzene rings is 2. The van der Waals surface area contributed by atoms with Crippen LogP contribution in [0.25, 0.3) is 0 Å². The second-order valence-corrected chi connectivity index (χ2v) is 8.19. The van der Waals surface area contributed by atoms with Gasteiger partial charge in [-0.2, -0.15) is 0 Å². The van der Waals surface area contributed by atoms with Gasteiger partial charge >= 0.3 is 0 Å². The smallest absolute Gasteiger partial charge is 0.118 e. The maximum atomic E-state index is 5.24. The van der Waals surface area contributed by atoms with Crippen molar-refractivity contribution in [3.63, 3.8) is 0 Å². The number of likely N-dealkylation sites (tertiary alicyclic amines) is 1. The lowest BCUT2D eigenvalue weighted by molar-refractivity contribution is 0.0689. The molecule has 0 aromatic heterocycles. The van der Waals surface area contributed by atoms with E-state index < -0.39 is 0 Å². The second-order valence-electron chi connectivity index (χ2n) is 8.19. The van der Waals surface area contributed by atoms with Crippen molar-refractivity contribution in [1.82, 2.24) is 10.2 Å². The molecule has 1 N–H and O–H groups in total. The first kappa shape index (κ1) is 19.9. The minimum atomic E-state index is 0.250. The number of rotatable bonds is 7. The van der Waals surface area contributed by atoms with Crippen LogP contribution in [-0.4, -0.2) is 38.2 Å². The topological polar surface area (TPSA) is 24.5 Å². The first-order valence-electron chi connectivity index (χ1n) is 10.1. The van der Waals surface area contributed by atoms with E-state index in [1.807, 2.05) is 12.1 Å². The largest absolute Gasteiger partial charge is 0.497 e. The number of ether oxygens (including phenoxy) is 1. The molecule has 2 aromatic carbocycles. The third-order valence-corrected chi connectivity index (χ3v) is 6.50. The summed E-state index contributed by atoms with van der Waals surface area (Å²) in [6.07, 6.45) is 2.39. The van der Waals surface area contributed by atoms with Gasteiger partial charge in [-0.15, -0.1) is 0 Å². The molecule has 27 heavy (non-hydrogen) atoms. The van der Waals surface area contributed by atoms with E-state index in [4.69, 9.17) is 4.74 Å². The highest BCUT2D eigenvalue weighted by atomic mass is 16.5. The van der Waals surface area contributed by atoms with E-state index in [1.165, 1.54) is 24.0 Å². The third kappa shape index (κ3) is 4.53. The van der Waals surface area contributed by atoms with Gasteiger partial charge in [0.15, 0.2) is 0 Å². The molecule has 0 bridgehead atoms. The normalized spacial score (nSPS) is 26.1. The van der Waals surface area contributed by atoms with E-state index in [1.54, 1.807) is 7.11 Å². The summed E-state index contributed by atoms with van der Waals surface area (Å²) < 4.78 is 5.24. The molecule has 1 heterocycles. The van der Waals surface area contributed by atoms with Crippen LogP contribution in [0.4, 0.5) is 0 Å². The Bertz CT molecular complexity index is 700. The van der Waals surface area contributed by atoms with E-state index in [0.717, 1.165) is 25.4 Å². The van der Waals surface area contributed by atoms with Crippen LogP contribution in [0.3, 0.4) is 0 Å². The molecule has 0 unspecified atom stereocenters. The quantitative estimate of drug-likeness (QED) is 0.732. The van der Waals surface area contributed by atoms with E-state index >= 15 is 0 Å². The van der Waals surface area contributed by atoms with E-state index in [0.29, 0.717) is 12.0 Å². The first-order chi connectivity index (χ1) is 13.0. The van der Waals surface area contributed by atoms with Gasteiger partial charge in [0.1, 0.15) is 5.75 Å². The lowest BCUT2D eigenvalue weighted by Crippen LogP contribution is -2.52. The van der Waals surface area contributed by atoms with E-state index in [-0.39, 0.29) is 5.41 Å². The molecular formula is C24H34N2O. The van der Waals surface area contributed by atoms with Crippen LogP contribution >= 0.6 is 0 Å². The summed E-state index contributed by atoms with van der Waals surface area (Å²) in [6, 6.07) is 20.1. The van der Waals surface area contributed by atoms with Crippen LogP contribution in [0.1, 0.15) is 37.8 Å². The number of piperidine rings is 1. The molecule has 3 heteroatoms. The molecule has 3 nitrogen and oxygen atoms in total. The Morgan fingerprint density at radius 1 is 1.07 bits per heavy atom. The Kier molecular flexibility index (Phi) is 6.56. The van der Waals surface area contributed by atoms with Crippen LogP contribution in [0, 0.1) is 5.92 Å². The standard InChI is InChI=1S/C24H34N2O/c1-19-18-26(3)20(2)16-24(19,22-8-6-5-7-9-22)14-15-25-17-21-10-12-23(27-4)13-11-21/h5-13,19-20,25H,14-18H2,1-4H3/t19-,20-,24-/m1/s1. The Labute approximate surface area is 164 Å². The van der Waals surface area contributed by atoms with Crippen molar-refractivity contribution >= 4 is 0 Å². The number of nitrogens with one attached hydrogen (secondary N) is 1. The molecule has 3 rings (SSSR count). The van der Waals surface area contributed by atoms with Crippen LogP contribution < -0.4 is 10.1 Å². The highest BCUT2D eigenvalue weighted by molar-refractivity contribution is 5.29. The minimum Gasteiger partial charge on any atom is -0.497 e. The fourth-order valence-corrected chi connectivity index (χ4v) is 4.62. The third-order valence-electron chi connectivity index (χ3n) is 6.50. The zero-order chi connectivity index (χ0) is 19.3. The SMILES string of the molecule is COc1ccc(CNCC[C@@]2(c3ccccc3)C[C@@H](C)N(C)C[C@H]2C)cc1. The first-order valence-corrected chi connectivity index (χ1v) is 10.1. The van der Waals surface area contributed by atoms with Gasteiger partial charge in [0.2, 0.25) is 0 Å².